The Morgan fingerprint density at radius 3 is 1.65 bits per heavy atom. The molecular formula is C25H24Cl2N4O3. The standard InChI is InChI=1S/C25H24Cl2N4O3/c1-15(32)29-21(17-9-5-11-19(26)13-17)24(33)30-22(18-10-6-12-20(27)14-18)25(34)31-23(28)16-7-3-2-4-8-16/h2-14,21-23H,28H2,1H3,(H,29,32)(H,30,33)(H,31,34). The van der Waals surface area contributed by atoms with Gasteiger partial charge in [0.15, 0.2) is 0 Å². The zero-order valence-electron chi connectivity index (χ0n) is 18.3. The van der Waals surface area contributed by atoms with Gasteiger partial charge in [0.25, 0.3) is 0 Å². The second kappa shape index (κ2) is 11.7. The predicted molar refractivity (Wildman–Crippen MR) is 132 cm³/mol. The first-order valence-electron chi connectivity index (χ1n) is 10.4. The van der Waals surface area contributed by atoms with Crippen molar-refractivity contribution in [1.29, 1.82) is 0 Å². The third kappa shape index (κ3) is 6.81. The van der Waals surface area contributed by atoms with E-state index in [4.69, 9.17) is 28.9 Å². The number of rotatable bonds is 8. The van der Waals surface area contributed by atoms with E-state index >= 15 is 0 Å². The number of hydrogen-bond donors (Lipinski definition) is 4. The minimum Gasteiger partial charge on any atom is -0.341 e. The van der Waals surface area contributed by atoms with Gasteiger partial charge >= 0.3 is 0 Å². The number of nitrogens with two attached hydrogens (primary N) is 1. The molecular weight excluding hydrogens is 475 g/mol. The smallest absolute Gasteiger partial charge is 0.248 e. The molecule has 0 saturated heterocycles. The van der Waals surface area contributed by atoms with Gasteiger partial charge in [0, 0.05) is 17.0 Å². The molecule has 3 unspecified atom stereocenters. The molecule has 3 aromatic rings. The van der Waals surface area contributed by atoms with Crippen molar-refractivity contribution in [1.82, 2.24) is 16.0 Å². The van der Waals surface area contributed by atoms with Crippen molar-refractivity contribution in [3.8, 4) is 0 Å². The zero-order chi connectivity index (χ0) is 24.7. The van der Waals surface area contributed by atoms with Gasteiger partial charge < -0.3 is 21.7 Å². The van der Waals surface area contributed by atoms with E-state index in [1.807, 2.05) is 6.07 Å². The summed E-state index contributed by atoms with van der Waals surface area (Å²) in [6.07, 6.45) is -0.800. The van der Waals surface area contributed by atoms with Crippen LogP contribution in [0.3, 0.4) is 0 Å². The van der Waals surface area contributed by atoms with Crippen LogP contribution in [0.15, 0.2) is 78.9 Å². The molecule has 0 aliphatic heterocycles. The Morgan fingerprint density at radius 2 is 1.15 bits per heavy atom. The van der Waals surface area contributed by atoms with E-state index in [1.54, 1.807) is 72.8 Å². The molecule has 5 N–H and O–H groups in total. The molecule has 0 radical (unpaired) electrons. The molecule has 0 heterocycles. The monoisotopic (exact) mass is 498 g/mol. The normalized spacial score (nSPS) is 13.3. The van der Waals surface area contributed by atoms with E-state index < -0.39 is 36.0 Å². The molecule has 9 heteroatoms. The lowest BCUT2D eigenvalue weighted by Gasteiger charge is -2.25. The van der Waals surface area contributed by atoms with Gasteiger partial charge in [0.1, 0.15) is 18.2 Å². The molecule has 0 aromatic heterocycles. The summed E-state index contributed by atoms with van der Waals surface area (Å²) in [5.41, 5.74) is 7.77. The van der Waals surface area contributed by atoms with Crippen molar-refractivity contribution < 1.29 is 14.4 Å². The third-order valence-electron chi connectivity index (χ3n) is 4.98. The fraction of sp³-hybridized carbons (Fsp3) is 0.160. The second-order valence-electron chi connectivity index (χ2n) is 7.58. The first-order valence-corrected chi connectivity index (χ1v) is 11.2. The van der Waals surface area contributed by atoms with Crippen LogP contribution in [0.1, 0.15) is 41.9 Å². The lowest BCUT2D eigenvalue weighted by molar-refractivity contribution is -0.132. The Hall–Kier alpha value is -3.39. The highest BCUT2D eigenvalue weighted by Gasteiger charge is 2.29. The summed E-state index contributed by atoms with van der Waals surface area (Å²) in [6.45, 7) is 1.30. The van der Waals surface area contributed by atoms with Gasteiger partial charge in [-0.05, 0) is 41.0 Å². The van der Waals surface area contributed by atoms with E-state index in [1.165, 1.54) is 6.92 Å². The Kier molecular flexibility index (Phi) is 8.65. The largest absolute Gasteiger partial charge is 0.341 e. The third-order valence-corrected chi connectivity index (χ3v) is 5.45. The molecule has 0 saturated carbocycles. The quantitative estimate of drug-likeness (QED) is 0.353. The molecule has 0 spiro atoms. The molecule has 0 aliphatic carbocycles. The van der Waals surface area contributed by atoms with Crippen LogP contribution in [-0.2, 0) is 14.4 Å². The number of hydrogen-bond acceptors (Lipinski definition) is 4. The number of carbonyl (C=O) groups excluding carboxylic acids is 3. The van der Waals surface area contributed by atoms with E-state index in [9.17, 15) is 14.4 Å². The van der Waals surface area contributed by atoms with Crippen LogP contribution >= 0.6 is 23.2 Å². The zero-order valence-corrected chi connectivity index (χ0v) is 19.8. The van der Waals surface area contributed by atoms with Crippen molar-refractivity contribution in [2.45, 2.75) is 25.2 Å². The van der Waals surface area contributed by atoms with Crippen molar-refractivity contribution >= 4 is 40.9 Å². The fourth-order valence-corrected chi connectivity index (χ4v) is 3.78. The van der Waals surface area contributed by atoms with Crippen LogP contribution in [0.4, 0.5) is 0 Å². The minimum atomic E-state index is -1.13. The molecule has 34 heavy (non-hydrogen) atoms. The molecule has 3 aromatic carbocycles. The number of carbonyl (C=O) groups is 3. The Bertz CT molecular complexity index is 1170. The SMILES string of the molecule is CC(=O)NC(C(=O)NC(C(=O)NC(N)c1ccccc1)c1cccc(Cl)c1)c1cccc(Cl)c1. The topological polar surface area (TPSA) is 113 Å². The van der Waals surface area contributed by atoms with E-state index in [2.05, 4.69) is 16.0 Å². The molecule has 3 rings (SSSR count). The highest BCUT2D eigenvalue weighted by molar-refractivity contribution is 6.31. The minimum absolute atomic E-state index is 0.394. The van der Waals surface area contributed by atoms with Crippen LogP contribution in [-0.4, -0.2) is 17.7 Å². The molecule has 0 bridgehead atoms. The molecule has 0 aliphatic rings. The van der Waals surface area contributed by atoms with E-state index in [0.29, 0.717) is 26.7 Å². The highest BCUT2D eigenvalue weighted by atomic mass is 35.5. The lowest BCUT2D eigenvalue weighted by atomic mass is 10.0. The van der Waals surface area contributed by atoms with E-state index in [-0.39, 0.29) is 0 Å². The fourth-order valence-electron chi connectivity index (χ4n) is 3.38. The van der Waals surface area contributed by atoms with Crippen LogP contribution in [0.2, 0.25) is 10.0 Å². The maximum Gasteiger partial charge on any atom is 0.248 e. The molecule has 7 nitrogen and oxygen atoms in total. The predicted octanol–water partition coefficient (Wildman–Crippen LogP) is 3.80. The van der Waals surface area contributed by atoms with Crippen LogP contribution in [0, 0.1) is 0 Å². The summed E-state index contributed by atoms with van der Waals surface area (Å²) in [6, 6.07) is 19.9. The average molecular weight is 499 g/mol. The maximum absolute atomic E-state index is 13.3. The summed E-state index contributed by atoms with van der Waals surface area (Å²) >= 11 is 12.2. The number of amides is 3. The van der Waals surface area contributed by atoms with Crippen molar-refractivity contribution in [2.24, 2.45) is 5.73 Å². The number of halogens is 2. The second-order valence-corrected chi connectivity index (χ2v) is 8.45. The number of nitrogens with one attached hydrogen (secondary N) is 3. The number of benzene rings is 3. The van der Waals surface area contributed by atoms with Crippen LogP contribution in [0.5, 0.6) is 0 Å². The van der Waals surface area contributed by atoms with Crippen molar-refractivity contribution in [3.63, 3.8) is 0 Å². The molecule has 3 amide bonds. The summed E-state index contributed by atoms with van der Waals surface area (Å²) < 4.78 is 0. The van der Waals surface area contributed by atoms with Gasteiger partial charge in [-0.1, -0.05) is 77.8 Å². The van der Waals surface area contributed by atoms with Crippen molar-refractivity contribution in [2.75, 3.05) is 0 Å². The van der Waals surface area contributed by atoms with Gasteiger partial charge in [-0.25, -0.2) is 0 Å². The first kappa shape index (κ1) is 25.2. The average Bonchev–Trinajstić information content (AvgIpc) is 2.81. The molecule has 176 valence electrons. The van der Waals surface area contributed by atoms with Gasteiger partial charge in [0.05, 0.1) is 0 Å². The Morgan fingerprint density at radius 1 is 0.676 bits per heavy atom. The summed E-state index contributed by atoms with van der Waals surface area (Å²) in [7, 11) is 0. The van der Waals surface area contributed by atoms with Crippen molar-refractivity contribution in [3.05, 3.63) is 106 Å². The van der Waals surface area contributed by atoms with E-state index in [0.717, 1.165) is 0 Å². The van der Waals surface area contributed by atoms with Gasteiger partial charge in [0.2, 0.25) is 17.7 Å². The first-order chi connectivity index (χ1) is 16.2. The van der Waals surface area contributed by atoms with Crippen LogP contribution in [0.25, 0.3) is 0 Å². The maximum atomic E-state index is 13.3. The van der Waals surface area contributed by atoms with Gasteiger partial charge in [-0.2, -0.15) is 0 Å². The summed E-state index contributed by atoms with van der Waals surface area (Å²) in [5, 5.41) is 8.84. The van der Waals surface area contributed by atoms with Gasteiger partial charge in [-0.15, -0.1) is 0 Å². The van der Waals surface area contributed by atoms with Crippen LogP contribution < -0.4 is 21.7 Å². The summed E-state index contributed by atoms with van der Waals surface area (Å²) in [5.74, 6) is -1.57. The summed E-state index contributed by atoms with van der Waals surface area (Å²) in [4.78, 5) is 38.4. The highest BCUT2D eigenvalue weighted by Crippen LogP contribution is 2.23. The lowest BCUT2D eigenvalue weighted by Crippen LogP contribution is -2.47. The van der Waals surface area contributed by atoms with Gasteiger partial charge in [-0.3, -0.25) is 14.4 Å². The Balaban J connectivity index is 1.90. The molecule has 3 atom stereocenters. The Labute approximate surface area is 207 Å². The molecule has 0 fully saturated rings.